The third-order valence-corrected chi connectivity index (χ3v) is 4.91. The van der Waals surface area contributed by atoms with E-state index in [0.29, 0.717) is 6.61 Å². The molecule has 0 N–H and O–H groups in total. The molecule has 0 saturated heterocycles. The lowest BCUT2D eigenvalue weighted by molar-refractivity contribution is 0.299. The number of benzene rings is 3. The summed E-state index contributed by atoms with van der Waals surface area (Å²) in [6, 6.07) is 22.5. The molecule has 4 heteroatoms. The maximum atomic E-state index is 6.07. The number of hydrogen-bond acceptors (Lipinski definition) is 3. The van der Waals surface area contributed by atoms with Crippen LogP contribution in [0.1, 0.15) is 11.1 Å². The summed E-state index contributed by atoms with van der Waals surface area (Å²) in [5, 5.41) is 0. The van der Waals surface area contributed by atoms with Gasteiger partial charge in [-0.1, -0.05) is 29.8 Å². The molecule has 28 heavy (non-hydrogen) atoms. The first-order valence-corrected chi connectivity index (χ1v) is 9.45. The lowest BCUT2D eigenvalue weighted by Gasteiger charge is -2.13. The Bertz CT molecular complexity index is 1100. The number of aryl methyl sites for hydroxylation is 2. The topological polar surface area (TPSA) is 36.3 Å². The van der Waals surface area contributed by atoms with Crippen molar-refractivity contribution in [1.82, 2.24) is 9.55 Å². The van der Waals surface area contributed by atoms with Crippen molar-refractivity contribution < 1.29 is 9.47 Å². The second-order valence-electron chi connectivity index (χ2n) is 6.92. The number of imidazole rings is 1. The van der Waals surface area contributed by atoms with E-state index in [9.17, 15) is 0 Å². The number of nitrogens with zero attached hydrogens (tertiary/aromatic N) is 2. The maximum Gasteiger partial charge on any atom is 0.141 e. The molecule has 0 aliphatic carbocycles. The number of aromatic nitrogens is 2. The molecule has 1 heterocycles. The van der Waals surface area contributed by atoms with Crippen LogP contribution in [0.2, 0.25) is 0 Å². The molecule has 0 aliphatic heterocycles. The number of methoxy groups -OCH3 is 1. The van der Waals surface area contributed by atoms with Crippen LogP contribution in [0.4, 0.5) is 0 Å². The number of para-hydroxylation sites is 2. The molecule has 4 nitrogen and oxygen atoms in total. The molecule has 0 saturated carbocycles. The normalized spacial score (nSPS) is 11.0. The van der Waals surface area contributed by atoms with E-state index in [4.69, 9.17) is 14.5 Å². The van der Waals surface area contributed by atoms with Crippen molar-refractivity contribution in [3.63, 3.8) is 0 Å². The zero-order valence-corrected chi connectivity index (χ0v) is 16.5. The molecule has 0 aliphatic rings. The number of hydrogen-bond donors (Lipinski definition) is 0. The summed E-state index contributed by atoms with van der Waals surface area (Å²) in [6.07, 6.45) is 0. The molecule has 0 fully saturated rings. The zero-order chi connectivity index (χ0) is 19.5. The van der Waals surface area contributed by atoms with Crippen LogP contribution in [-0.4, -0.2) is 23.3 Å². The molecule has 142 valence electrons. The Hall–Kier alpha value is -3.27. The Labute approximate surface area is 165 Å². The van der Waals surface area contributed by atoms with Gasteiger partial charge in [0.2, 0.25) is 0 Å². The first kappa shape index (κ1) is 18.1. The number of ether oxygens (including phenoxy) is 2. The van der Waals surface area contributed by atoms with E-state index in [-0.39, 0.29) is 0 Å². The highest BCUT2D eigenvalue weighted by Crippen LogP contribution is 2.27. The van der Waals surface area contributed by atoms with Gasteiger partial charge >= 0.3 is 0 Å². The van der Waals surface area contributed by atoms with Crippen LogP contribution in [0.3, 0.4) is 0 Å². The molecule has 0 bridgehead atoms. The monoisotopic (exact) mass is 372 g/mol. The summed E-state index contributed by atoms with van der Waals surface area (Å²) < 4.78 is 13.6. The van der Waals surface area contributed by atoms with Gasteiger partial charge in [-0.25, -0.2) is 4.98 Å². The molecule has 0 unspecified atom stereocenters. The lowest BCUT2D eigenvalue weighted by atomic mass is 10.1. The fourth-order valence-corrected chi connectivity index (χ4v) is 3.47. The van der Waals surface area contributed by atoms with Crippen LogP contribution in [-0.2, 0) is 6.54 Å². The van der Waals surface area contributed by atoms with Crippen molar-refractivity contribution in [3.8, 4) is 22.9 Å². The van der Waals surface area contributed by atoms with Gasteiger partial charge in [0.15, 0.2) is 0 Å². The van der Waals surface area contributed by atoms with Crippen LogP contribution >= 0.6 is 0 Å². The zero-order valence-electron chi connectivity index (χ0n) is 16.5. The molecule has 0 spiro atoms. The molecule has 0 radical (unpaired) electrons. The van der Waals surface area contributed by atoms with Gasteiger partial charge in [0.25, 0.3) is 0 Å². The van der Waals surface area contributed by atoms with E-state index >= 15 is 0 Å². The first-order valence-electron chi connectivity index (χ1n) is 9.45. The van der Waals surface area contributed by atoms with Crippen molar-refractivity contribution >= 4 is 11.0 Å². The Morgan fingerprint density at radius 2 is 1.71 bits per heavy atom. The summed E-state index contributed by atoms with van der Waals surface area (Å²) in [5.41, 5.74) is 5.55. The predicted molar refractivity (Wildman–Crippen MR) is 113 cm³/mol. The average molecular weight is 372 g/mol. The average Bonchev–Trinajstić information content (AvgIpc) is 3.08. The summed E-state index contributed by atoms with van der Waals surface area (Å²) in [6.45, 7) is 5.47. The molecular formula is C24H24N2O2. The van der Waals surface area contributed by atoms with E-state index in [1.165, 1.54) is 5.56 Å². The van der Waals surface area contributed by atoms with Crippen LogP contribution in [0.15, 0.2) is 66.7 Å². The smallest absolute Gasteiger partial charge is 0.141 e. The minimum Gasteiger partial charge on any atom is -0.497 e. The van der Waals surface area contributed by atoms with Gasteiger partial charge in [-0.15, -0.1) is 0 Å². The molecule has 0 amide bonds. The molecule has 4 aromatic rings. The van der Waals surface area contributed by atoms with Crippen LogP contribution in [0.25, 0.3) is 22.4 Å². The van der Waals surface area contributed by atoms with Gasteiger partial charge < -0.3 is 14.0 Å². The highest BCUT2D eigenvalue weighted by atomic mass is 16.5. The lowest BCUT2D eigenvalue weighted by Crippen LogP contribution is -2.10. The Morgan fingerprint density at radius 1 is 0.929 bits per heavy atom. The highest BCUT2D eigenvalue weighted by molar-refractivity contribution is 5.80. The van der Waals surface area contributed by atoms with Crippen molar-refractivity contribution in [2.24, 2.45) is 0 Å². The standard InChI is InChI=1S/C24H24N2O2/c1-17-8-13-23(18(2)16-17)28-15-14-26-22-7-5-4-6-21(22)25-24(26)19-9-11-20(27-3)12-10-19/h4-13,16H,14-15H2,1-3H3. The number of fused-ring (bicyclic) bond motifs is 1. The van der Waals surface area contributed by atoms with Crippen molar-refractivity contribution in [3.05, 3.63) is 77.9 Å². The number of rotatable bonds is 6. The SMILES string of the molecule is COc1ccc(-c2nc3ccccc3n2CCOc2ccc(C)cc2C)cc1. The first-order chi connectivity index (χ1) is 13.7. The molecule has 3 aromatic carbocycles. The van der Waals surface area contributed by atoms with E-state index in [2.05, 4.69) is 36.6 Å². The van der Waals surface area contributed by atoms with Crippen LogP contribution in [0, 0.1) is 13.8 Å². The summed E-state index contributed by atoms with van der Waals surface area (Å²) in [4.78, 5) is 4.86. The highest BCUT2D eigenvalue weighted by Gasteiger charge is 2.13. The van der Waals surface area contributed by atoms with Crippen molar-refractivity contribution in [2.75, 3.05) is 13.7 Å². The van der Waals surface area contributed by atoms with E-state index in [0.717, 1.165) is 46.0 Å². The second kappa shape index (κ2) is 7.77. The fraction of sp³-hybridized carbons (Fsp3) is 0.208. The van der Waals surface area contributed by atoms with Gasteiger partial charge in [0.1, 0.15) is 23.9 Å². The van der Waals surface area contributed by atoms with Crippen molar-refractivity contribution in [1.29, 1.82) is 0 Å². The van der Waals surface area contributed by atoms with E-state index in [1.807, 2.05) is 48.5 Å². The largest absolute Gasteiger partial charge is 0.497 e. The third kappa shape index (κ3) is 3.58. The van der Waals surface area contributed by atoms with Crippen molar-refractivity contribution in [2.45, 2.75) is 20.4 Å². The van der Waals surface area contributed by atoms with Gasteiger partial charge in [0.05, 0.1) is 24.7 Å². The molecular weight excluding hydrogens is 348 g/mol. The summed E-state index contributed by atoms with van der Waals surface area (Å²) >= 11 is 0. The maximum absolute atomic E-state index is 6.07. The Morgan fingerprint density at radius 3 is 2.46 bits per heavy atom. The third-order valence-electron chi connectivity index (χ3n) is 4.91. The Kier molecular flexibility index (Phi) is 5.02. The predicted octanol–water partition coefficient (Wildman–Crippen LogP) is 5.41. The molecule has 4 rings (SSSR count). The van der Waals surface area contributed by atoms with Gasteiger partial charge in [-0.3, -0.25) is 0 Å². The fourth-order valence-electron chi connectivity index (χ4n) is 3.47. The minimum atomic E-state index is 0.577. The van der Waals surface area contributed by atoms with E-state index in [1.54, 1.807) is 7.11 Å². The molecule has 1 aromatic heterocycles. The van der Waals surface area contributed by atoms with Gasteiger partial charge in [-0.2, -0.15) is 0 Å². The second-order valence-corrected chi connectivity index (χ2v) is 6.92. The Balaban J connectivity index is 1.63. The minimum absolute atomic E-state index is 0.577. The van der Waals surface area contributed by atoms with Gasteiger partial charge in [-0.05, 0) is 61.9 Å². The van der Waals surface area contributed by atoms with Crippen LogP contribution < -0.4 is 9.47 Å². The van der Waals surface area contributed by atoms with Crippen LogP contribution in [0.5, 0.6) is 11.5 Å². The summed E-state index contributed by atoms with van der Waals surface area (Å²) in [5.74, 6) is 2.71. The quantitative estimate of drug-likeness (QED) is 0.454. The molecule has 0 atom stereocenters. The van der Waals surface area contributed by atoms with E-state index < -0.39 is 0 Å². The van der Waals surface area contributed by atoms with Gasteiger partial charge in [0, 0.05) is 5.56 Å². The summed E-state index contributed by atoms with van der Waals surface area (Å²) in [7, 11) is 1.68.